The fourth-order valence-electron chi connectivity index (χ4n) is 5.99. The summed E-state index contributed by atoms with van der Waals surface area (Å²) in [5.41, 5.74) is 0. The van der Waals surface area contributed by atoms with E-state index in [1.54, 1.807) is 0 Å². The molecule has 2 saturated carbocycles. The van der Waals surface area contributed by atoms with Gasteiger partial charge in [0.05, 0.1) is 0 Å². The first-order chi connectivity index (χ1) is 19.1. The quantitative estimate of drug-likeness (QED) is 0.0640. The Kier molecular flexibility index (Phi) is 21.0. The van der Waals surface area contributed by atoms with E-state index in [1.165, 1.54) is 124 Å². The third-order valence-corrected chi connectivity index (χ3v) is 38.3. The number of ether oxygens (including phenoxy) is 2. The summed E-state index contributed by atoms with van der Waals surface area (Å²) in [6.45, 7) is 4.54. The molecule has 2 aliphatic rings. The molecule has 0 amide bonds. The van der Waals surface area contributed by atoms with Gasteiger partial charge in [0, 0.05) is 0 Å². The topological polar surface area (TPSA) is 52.6 Å². The first-order valence-electron chi connectivity index (χ1n) is 16.7. The van der Waals surface area contributed by atoms with Gasteiger partial charge >= 0.3 is 252 Å². The number of esters is 2. The van der Waals surface area contributed by atoms with Crippen molar-refractivity contribution in [2.24, 2.45) is 0 Å². The monoisotopic (exact) mass is 692 g/mol. The van der Waals surface area contributed by atoms with Crippen LogP contribution in [0.4, 0.5) is 0 Å². The Balaban J connectivity index is 1.98. The second-order valence-electron chi connectivity index (χ2n) is 12.0. The summed E-state index contributed by atoms with van der Waals surface area (Å²) in [5.74, 6) is 0.958. The zero-order valence-corrected chi connectivity index (χ0v) is 30.0. The number of hydrogen-bond acceptors (Lipinski definition) is 6. The van der Waals surface area contributed by atoms with Crippen molar-refractivity contribution in [3.05, 3.63) is 0 Å². The van der Waals surface area contributed by atoms with Gasteiger partial charge in [0.25, 0.3) is 0 Å². The minimum atomic E-state index is -2.90. The van der Waals surface area contributed by atoms with Crippen LogP contribution in [0.5, 0.6) is 0 Å². The molecule has 2 rings (SSSR count). The maximum absolute atomic E-state index is 12.9. The molecule has 228 valence electrons. The normalized spacial score (nSPS) is 17.3. The SMILES string of the molecule is CCCCCCC[CH2][Sn]([CH2]CCCCCCC)([S]CC(=O)OC1CCCCC1)[S]CC(=O)OC1CCCCC1. The van der Waals surface area contributed by atoms with Gasteiger partial charge < -0.3 is 0 Å². The Morgan fingerprint density at radius 2 is 0.923 bits per heavy atom. The Hall–Kier alpha value is 0.439. The van der Waals surface area contributed by atoms with Gasteiger partial charge in [-0.05, 0) is 0 Å². The standard InChI is InChI=1S/2C8H14O2S.2C8H17.Sn/c2*9-8(6-11)10-7-4-2-1-3-5-7;2*1-3-5-7-8-6-4-2;/h2*7,11H,1-6H2;2*1,3-8H2,2H3;/q;;;;+2/p-2. The molecule has 0 saturated heterocycles. The molecule has 7 heteroatoms. The van der Waals surface area contributed by atoms with Gasteiger partial charge in [0.15, 0.2) is 0 Å². The molecule has 4 nitrogen and oxygen atoms in total. The Bertz CT molecular complexity index is 582. The van der Waals surface area contributed by atoms with Crippen molar-refractivity contribution < 1.29 is 19.1 Å². The zero-order chi connectivity index (χ0) is 28.0. The van der Waals surface area contributed by atoms with Crippen LogP contribution in [0.15, 0.2) is 0 Å². The van der Waals surface area contributed by atoms with E-state index in [2.05, 4.69) is 13.8 Å². The molecule has 0 radical (unpaired) electrons. The van der Waals surface area contributed by atoms with Gasteiger partial charge in [-0.3, -0.25) is 0 Å². The number of carbonyl (C=O) groups is 2. The molecule has 0 spiro atoms. The molecule has 39 heavy (non-hydrogen) atoms. The molecular formula is C32H60O4S2Sn. The molecular weight excluding hydrogens is 631 g/mol. The molecule has 0 heterocycles. The van der Waals surface area contributed by atoms with Gasteiger partial charge in [-0.15, -0.1) is 0 Å². The molecule has 0 aromatic carbocycles. The minimum absolute atomic E-state index is 0.00995. The second-order valence-corrected chi connectivity index (χ2v) is 38.4. The molecule has 2 aliphatic carbocycles. The average molecular weight is 692 g/mol. The molecule has 2 fully saturated rings. The predicted molar refractivity (Wildman–Crippen MR) is 173 cm³/mol. The number of carbonyl (C=O) groups excluding carboxylic acids is 2. The van der Waals surface area contributed by atoms with Gasteiger partial charge in [-0.25, -0.2) is 0 Å². The summed E-state index contributed by atoms with van der Waals surface area (Å²) in [5, 5.41) is 0. The van der Waals surface area contributed by atoms with Crippen LogP contribution in [-0.4, -0.2) is 51.3 Å². The number of hydrogen-bond donors (Lipinski definition) is 0. The van der Waals surface area contributed by atoms with Crippen LogP contribution in [0.25, 0.3) is 0 Å². The van der Waals surface area contributed by atoms with Crippen molar-refractivity contribution in [1.82, 2.24) is 0 Å². The average Bonchev–Trinajstić information content (AvgIpc) is 2.95. The van der Waals surface area contributed by atoms with Crippen LogP contribution >= 0.6 is 17.9 Å². The van der Waals surface area contributed by atoms with Gasteiger partial charge in [0.2, 0.25) is 0 Å². The first-order valence-corrected chi connectivity index (χ1v) is 29.7. The van der Waals surface area contributed by atoms with E-state index in [-0.39, 0.29) is 24.1 Å². The molecule has 0 unspecified atom stereocenters. The number of unbranched alkanes of at least 4 members (excludes halogenated alkanes) is 10. The van der Waals surface area contributed by atoms with Crippen molar-refractivity contribution in [2.45, 2.75) is 176 Å². The van der Waals surface area contributed by atoms with Crippen LogP contribution in [0, 0.1) is 0 Å². The third-order valence-electron chi connectivity index (χ3n) is 8.43. The second kappa shape index (κ2) is 23.0. The maximum atomic E-state index is 12.9. The zero-order valence-electron chi connectivity index (χ0n) is 25.5. The van der Waals surface area contributed by atoms with Crippen LogP contribution in [0.1, 0.15) is 155 Å². The summed E-state index contributed by atoms with van der Waals surface area (Å²) in [6.07, 6.45) is 27.2. The molecule has 0 aromatic rings. The van der Waals surface area contributed by atoms with Crippen molar-refractivity contribution in [3.63, 3.8) is 0 Å². The van der Waals surface area contributed by atoms with Crippen LogP contribution in [0.3, 0.4) is 0 Å². The predicted octanol–water partition coefficient (Wildman–Crippen LogP) is 10.4. The molecule has 0 aromatic heterocycles. The fraction of sp³-hybridized carbons (Fsp3) is 0.938. The molecule has 0 bridgehead atoms. The van der Waals surface area contributed by atoms with Gasteiger partial charge in [0.1, 0.15) is 0 Å². The Labute approximate surface area is 250 Å². The third kappa shape index (κ3) is 17.2. The van der Waals surface area contributed by atoms with E-state index in [0.29, 0.717) is 11.5 Å². The van der Waals surface area contributed by atoms with Crippen molar-refractivity contribution in [3.8, 4) is 0 Å². The van der Waals surface area contributed by atoms with Crippen LogP contribution < -0.4 is 0 Å². The fourth-order valence-corrected chi connectivity index (χ4v) is 32.9. The van der Waals surface area contributed by atoms with E-state index in [1.807, 2.05) is 17.9 Å². The summed E-state index contributed by atoms with van der Waals surface area (Å²) < 4.78 is 14.4. The van der Waals surface area contributed by atoms with Crippen molar-refractivity contribution in [2.75, 3.05) is 11.5 Å². The van der Waals surface area contributed by atoms with Crippen molar-refractivity contribution >= 4 is 45.4 Å². The molecule has 0 N–H and O–H groups in total. The summed E-state index contributed by atoms with van der Waals surface area (Å²) in [4.78, 5) is 25.9. The number of rotatable bonds is 22. The van der Waals surface area contributed by atoms with E-state index >= 15 is 0 Å². The van der Waals surface area contributed by atoms with Gasteiger partial charge in [-0.1, -0.05) is 0 Å². The summed E-state index contributed by atoms with van der Waals surface area (Å²) >= 11 is -2.90. The van der Waals surface area contributed by atoms with Gasteiger partial charge in [-0.2, -0.15) is 0 Å². The van der Waals surface area contributed by atoms with Crippen molar-refractivity contribution in [1.29, 1.82) is 0 Å². The summed E-state index contributed by atoms with van der Waals surface area (Å²) in [6, 6.07) is 0. The van der Waals surface area contributed by atoms with E-state index in [4.69, 9.17) is 9.47 Å². The Morgan fingerprint density at radius 3 is 1.31 bits per heavy atom. The molecule has 0 atom stereocenters. The first kappa shape index (κ1) is 35.6. The van der Waals surface area contributed by atoms with Crippen LogP contribution in [-0.2, 0) is 19.1 Å². The van der Waals surface area contributed by atoms with E-state index < -0.39 is 15.6 Å². The summed E-state index contributed by atoms with van der Waals surface area (Å²) in [7, 11) is 3.96. The van der Waals surface area contributed by atoms with E-state index in [9.17, 15) is 9.59 Å². The molecule has 0 aliphatic heterocycles. The Morgan fingerprint density at radius 1 is 0.564 bits per heavy atom. The van der Waals surface area contributed by atoms with Crippen LogP contribution in [0.2, 0.25) is 8.87 Å². The van der Waals surface area contributed by atoms with E-state index in [0.717, 1.165) is 25.7 Å².